The molecule has 4 fully saturated rings. The van der Waals surface area contributed by atoms with Crippen LogP contribution in [0.4, 0.5) is 0 Å². The normalized spacial score (nSPS) is 50.6. The second-order valence-corrected chi connectivity index (χ2v) is 10.6. The van der Waals surface area contributed by atoms with E-state index in [1.807, 2.05) is 0 Å². The maximum absolute atomic E-state index is 11.9. The summed E-state index contributed by atoms with van der Waals surface area (Å²) < 4.78 is 0. The monoisotopic (exact) mass is 352 g/mol. The first-order valence-corrected chi connectivity index (χ1v) is 11.3. The van der Waals surface area contributed by atoms with Crippen LogP contribution in [0.5, 0.6) is 0 Å². The molecule has 0 bridgehead atoms. The van der Waals surface area contributed by atoms with Crippen LogP contribution in [-0.2, 0) is 5.60 Å². The van der Waals surface area contributed by atoms with E-state index in [1.165, 1.54) is 63.4 Å². The van der Waals surface area contributed by atoms with Gasteiger partial charge in [0.2, 0.25) is 0 Å². The lowest BCUT2D eigenvalue weighted by Gasteiger charge is -2.61. The molecule has 1 nitrogen and oxygen atoms in total. The lowest BCUT2D eigenvalue weighted by molar-refractivity contribution is -0.154. The third-order valence-electron chi connectivity index (χ3n) is 9.99. The molecular weight excluding hydrogens is 316 g/mol. The van der Waals surface area contributed by atoms with Crippen molar-refractivity contribution in [3.63, 3.8) is 0 Å². The van der Waals surface area contributed by atoms with Crippen LogP contribution in [0.2, 0.25) is 0 Å². The topological polar surface area (TPSA) is 20.2 Å². The van der Waals surface area contributed by atoms with E-state index in [2.05, 4.69) is 44.2 Å². The van der Waals surface area contributed by atoms with Gasteiger partial charge >= 0.3 is 0 Å². The van der Waals surface area contributed by atoms with E-state index < -0.39 is 5.60 Å². The second-order valence-electron chi connectivity index (χ2n) is 10.6. The molecule has 7 atom stereocenters. The SMILES string of the molecule is C[C@]12CCCC[C@@H]1CC[C@H]1[C@H]3CC[C@](O)(c4ccccc4)[C@]3(C)CC[C@@H]12. The van der Waals surface area contributed by atoms with Crippen LogP contribution in [0.15, 0.2) is 30.3 Å². The molecule has 4 aliphatic carbocycles. The zero-order valence-corrected chi connectivity index (χ0v) is 16.7. The van der Waals surface area contributed by atoms with Crippen molar-refractivity contribution < 1.29 is 5.11 Å². The highest BCUT2D eigenvalue weighted by molar-refractivity contribution is 5.29. The molecule has 1 heteroatoms. The fourth-order valence-corrected chi connectivity index (χ4v) is 8.50. The van der Waals surface area contributed by atoms with E-state index in [1.54, 1.807) is 0 Å². The average molecular weight is 353 g/mol. The Morgan fingerprint density at radius 1 is 0.808 bits per heavy atom. The molecule has 0 aliphatic heterocycles. The summed E-state index contributed by atoms with van der Waals surface area (Å²) in [5.74, 6) is 3.46. The van der Waals surface area contributed by atoms with E-state index in [4.69, 9.17) is 0 Å². The van der Waals surface area contributed by atoms with Gasteiger partial charge in [-0.3, -0.25) is 0 Å². The second kappa shape index (κ2) is 5.84. The summed E-state index contributed by atoms with van der Waals surface area (Å²) in [4.78, 5) is 0. The molecule has 0 aromatic heterocycles. The number of aliphatic hydroxyl groups is 1. The van der Waals surface area contributed by atoms with Gasteiger partial charge in [0.15, 0.2) is 0 Å². The highest BCUT2D eigenvalue weighted by Gasteiger charge is 2.64. The molecule has 0 amide bonds. The summed E-state index contributed by atoms with van der Waals surface area (Å²) in [5.41, 5.74) is 1.21. The molecule has 0 heterocycles. The van der Waals surface area contributed by atoms with Gasteiger partial charge in [-0.05, 0) is 86.0 Å². The van der Waals surface area contributed by atoms with Crippen molar-refractivity contribution in [3.8, 4) is 0 Å². The van der Waals surface area contributed by atoms with E-state index >= 15 is 0 Å². The van der Waals surface area contributed by atoms with Gasteiger partial charge in [-0.2, -0.15) is 0 Å². The zero-order valence-electron chi connectivity index (χ0n) is 16.7. The predicted octanol–water partition coefficient (Wildman–Crippen LogP) is 6.31. The quantitative estimate of drug-likeness (QED) is 0.628. The molecule has 142 valence electrons. The van der Waals surface area contributed by atoms with Crippen molar-refractivity contribution in [1.82, 2.24) is 0 Å². The van der Waals surface area contributed by atoms with Crippen LogP contribution >= 0.6 is 0 Å². The van der Waals surface area contributed by atoms with E-state index in [0.29, 0.717) is 11.3 Å². The highest BCUT2D eigenvalue weighted by atomic mass is 16.3. The van der Waals surface area contributed by atoms with E-state index in [-0.39, 0.29) is 5.41 Å². The van der Waals surface area contributed by atoms with Gasteiger partial charge in [0.05, 0.1) is 5.60 Å². The zero-order chi connectivity index (χ0) is 18.0. The van der Waals surface area contributed by atoms with Crippen LogP contribution in [-0.4, -0.2) is 5.11 Å². The third kappa shape index (κ3) is 2.13. The van der Waals surface area contributed by atoms with Crippen molar-refractivity contribution in [3.05, 3.63) is 35.9 Å². The molecular formula is C25H36O. The van der Waals surface area contributed by atoms with Crippen molar-refractivity contribution >= 4 is 0 Å². The molecule has 4 saturated carbocycles. The molecule has 1 aromatic carbocycles. The van der Waals surface area contributed by atoms with E-state index in [9.17, 15) is 5.11 Å². The van der Waals surface area contributed by atoms with Gasteiger partial charge in [-0.25, -0.2) is 0 Å². The number of rotatable bonds is 1. The number of benzene rings is 1. The smallest absolute Gasteiger partial charge is 0.0952 e. The molecule has 4 aliphatic rings. The Kier molecular flexibility index (Phi) is 3.88. The van der Waals surface area contributed by atoms with Crippen LogP contribution in [0.1, 0.15) is 83.6 Å². The number of hydrogen-bond donors (Lipinski definition) is 1. The van der Waals surface area contributed by atoms with Gasteiger partial charge in [-0.15, -0.1) is 0 Å². The van der Waals surface area contributed by atoms with Gasteiger partial charge in [0, 0.05) is 5.41 Å². The van der Waals surface area contributed by atoms with Crippen LogP contribution in [0, 0.1) is 34.5 Å². The molecule has 26 heavy (non-hydrogen) atoms. The molecule has 1 aromatic rings. The molecule has 0 saturated heterocycles. The predicted molar refractivity (Wildman–Crippen MR) is 107 cm³/mol. The third-order valence-corrected chi connectivity index (χ3v) is 9.99. The Morgan fingerprint density at radius 2 is 1.58 bits per heavy atom. The Labute approximate surface area is 159 Å². The summed E-state index contributed by atoms with van der Waals surface area (Å²) >= 11 is 0. The Balaban J connectivity index is 1.49. The highest BCUT2D eigenvalue weighted by Crippen LogP contribution is 2.69. The van der Waals surface area contributed by atoms with Crippen LogP contribution in [0.3, 0.4) is 0 Å². The van der Waals surface area contributed by atoms with Crippen LogP contribution < -0.4 is 0 Å². The van der Waals surface area contributed by atoms with Crippen molar-refractivity contribution in [1.29, 1.82) is 0 Å². The standard InChI is InChI=1S/C25H36O/c1-23-15-7-6-8-18(23)11-12-20-21(23)13-16-24(2)22(20)14-17-25(24,26)19-9-4-3-5-10-19/h3-5,9-10,18,20-22,26H,6-8,11-17H2,1-2H3/t18-,20-,21+,22-,23+,24-,25+/m1/s1. The fraction of sp³-hybridized carbons (Fsp3) is 0.760. The number of fused-ring (bicyclic) bond motifs is 5. The van der Waals surface area contributed by atoms with Crippen molar-refractivity contribution in [2.45, 2.75) is 83.7 Å². The summed E-state index contributed by atoms with van der Waals surface area (Å²) in [6.07, 6.45) is 13.5. The lowest BCUT2D eigenvalue weighted by atomic mass is 9.44. The molecule has 0 spiro atoms. The molecule has 1 N–H and O–H groups in total. The first-order chi connectivity index (χ1) is 12.5. The molecule has 0 unspecified atom stereocenters. The Bertz CT molecular complexity index is 668. The Hall–Kier alpha value is -0.820. The maximum atomic E-state index is 11.9. The summed E-state index contributed by atoms with van der Waals surface area (Å²) in [7, 11) is 0. The van der Waals surface area contributed by atoms with E-state index in [0.717, 1.165) is 24.2 Å². The lowest BCUT2D eigenvalue weighted by Crippen LogP contribution is -2.55. The molecule has 5 rings (SSSR count). The summed E-state index contributed by atoms with van der Waals surface area (Å²) in [6.45, 7) is 5.08. The number of hydrogen-bond acceptors (Lipinski definition) is 1. The minimum Gasteiger partial charge on any atom is -0.385 e. The first kappa shape index (κ1) is 17.3. The summed E-state index contributed by atoms with van der Waals surface area (Å²) in [5, 5.41) is 11.9. The minimum atomic E-state index is -0.617. The fourth-order valence-electron chi connectivity index (χ4n) is 8.50. The summed E-state index contributed by atoms with van der Waals surface area (Å²) in [6, 6.07) is 10.6. The van der Waals surface area contributed by atoms with Gasteiger partial charge < -0.3 is 5.11 Å². The van der Waals surface area contributed by atoms with Gasteiger partial charge in [0.1, 0.15) is 0 Å². The minimum absolute atomic E-state index is 0.0629. The van der Waals surface area contributed by atoms with Crippen molar-refractivity contribution in [2.24, 2.45) is 34.5 Å². The van der Waals surface area contributed by atoms with Crippen LogP contribution in [0.25, 0.3) is 0 Å². The maximum Gasteiger partial charge on any atom is 0.0952 e. The van der Waals surface area contributed by atoms with Gasteiger partial charge in [0.25, 0.3) is 0 Å². The first-order valence-electron chi connectivity index (χ1n) is 11.3. The van der Waals surface area contributed by atoms with Gasteiger partial charge in [-0.1, -0.05) is 57.0 Å². The molecule has 0 radical (unpaired) electrons. The Morgan fingerprint density at radius 3 is 2.38 bits per heavy atom. The largest absolute Gasteiger partial charge is 0.385 e. The van der Waals surface area contributed by atoms with Crippen molar-refractivity contribution in [2.75, 3.05) is 0 Å². The average Bonchev–Trinajstić information content (AvgIpc) is 2.94.